The highest BCUT2D eigenvalue weighted by molar-refractivity contribution is 5.85. The number of hydrogen-bond donors (Lipinski definition) is 3. The molecule has 1 fully saturated rings. The van der Waals surface area contributed by atoms with E-state index in [-0.39, 0.29) is 48.3 Å². The average molecular weight is 375 g/mol. The molecule has 27 heavy (non-hydrogen) atoms. The Bertz CT molecular complexity index is 904. The molecule has 3 N–H and O–H groups in total. The van der Waals surface area contributed by atoms with Crippen molar-refractivity contribution in [2.24, 2.45) is 0 Å². The molecule has 11 heteroatoms. The van der Waals surface area contributed by atoms with E-state index in [1.165, 1.54) is 17.6 Å². The molecule has 3 amide bonds. The number of carbonyl (C=O) groups excluding carboxylic acids is 3. The number of aromatic nitrogens is 4. The van der Waals surface area contributed by atoms with Gasteiger partial charge in [-0.25, -0.2) is 9.97 Å². The maximum atomic E-state index is 11.9. The zero-order valence-corrected chi connectivity index (χ0v) is 14.7. The first-order valence-electron chi connectivity index (χ1n) is 8.74. The summed E-state index contributed by atoms with van der Waals surface area (Å²) in [6.45, 7) is 1.60. The number of H-pyrrole nitrogens is 1. The van der Waals surface area contributed by atoms with Crippen LogP contribution in [0.2, 0.25) is 0 Å². The highest BCUT2D eigenvalue weighted by atomic mass is 16.2. The first kappa shape index (κ1) is 18.5. The van der Waals surface area contributed by atoms with Gasteiger partial charge in [-0.3, -0.25) is 19.2 Å². The Labute approximate surface area is 154 Å². The topological polar surface area (TPSA) is 142 Å². The molecule has 2 aromatic heterocycles. The summed E-state index contributed by atoms with van der Waals surface area (Å²) in [4.78, 5) is 58.7. The quantitative estimate of drug-likeness (QED) is 0.473. The van der Waals surface area contributed by atoms with Crippen LogP contribution in [0.5, 0.6) is 0 Å². The number of aromatic amines is 1. The van der Waals surface area contributed by atoms with Gasteiger partial charge < -0.3 is 25.1 Å². The molecule has 0 spiro atoms. The van der Waals surface area contributed by atoms with Gasteiger partial charge in [0.05, 0.1) is 19.2 Å². The standard InChI is InChI=1S/C16H21N7O4/c24-11(3-7-23-10-21-14-15(23)19-9-20-16(14)27)17-4-5-18-12(25)8-22-6-1-2-13(22)26/h9-10H,1-8H2,(H,17,24)(H,18,25)(H,19,20,27). The van der Waals surface area contributed by atoms with Crippen LogP contribution in [-0.4, -0.2) is 68.3 Å². The summed E-state index contributed by atoms with van der Waals surface area (Å²) >= 11 is 0. The van der Waals surface area contributed by atoms with Gasteiger partial charge in [-0.05, 0) is 6.42 Å². The number of imidazole rings is 1. The lowest BCUT2D eigenvalue weighted by molar-refractivity contribution is -0.133. The van der Waals surface area contributed by atoms with Gasteiger partial charge in [0.2, 0.25) is 17.7 Å². The third-order valence-electron chi connectivity index (χ3n) is 4.26. The van der Waals surface area contributed by atoms with Gasteiger partial charge in [0.15, 0.2) is 11.2 Å². The molecule has 3 heterocycles. The zero-order chi connectivity index (χ0) is 19.2. The summed E-state index contributed by atoms with van der Waals surface area (Å²) in [6, 6.07) is 0. The Morgan fingerprint density at radius 3 is 2.67 bits per heavy atom. The van der Waals surface area contributed by atoms with Crippen molar-refractivity contribution in [3.05, 3.63) is 23.0 Å². The van der Waals surface area contributed by atoms with E-state index in [4.69, 9.17) is 0 Å². The van der Waals surface area contributed by atoms with E-state index in [1.807, 2.05) is 0 Å². The second kappa shape index (κ2) is 8.43. The van der Waals surface area contributed by atoms with Crippen LogP contribution in [-0.2, 0) is 20.9 Å². The molecule has 1 saturated heterocycles. The van der Waals surface area contributed by atoms with Crippen molar-refractivity contribution in [1.29, 1.82) is 0 Å². The Morgan fingerprint density at radius 2 is 1.93 bits per heavy atom. The van der Waals surface area contributed by atoms with Crippen molar-refractivity contribution in [3.63, 3.8) is 0 Å². The van der Waals surface area contributed by atoms with Crippen LogP contribution in [0.3, 0.4) is 0 Å². The summed E-state index contributed by atoms with van der Waals surface area (Å²) in [5.41, 5.74) is 0.335. The minimum absolute atomic E-state index is 0.00181. The molecule has 1 aliphatic rings. The van der Waals surface area contributed by atoms with Gasteiger partial charge >= 0.3 is 0 Å². The van der Waals surface area contributed by atoms with Gasteiger partial charge in [0.1, 0.15) is 0 Å². The number of likely N-dealkylation sites (tertiary alicyclic amines) is 1. The predicted molar refractivity (Wildman–Crippen MR) is 94.6 cm³/mol. The fraction of sp³-hybridized carbons (Fsp3) is 0.500. The summed E-state index contributed by atoms with van der Waals surface area (Å²) < 4.78 is 1.64. The third-order valence-corrected chi connectivity index (χ3v) is 4.26. The van der Waals surface area contributed by atoms with Crippen LogP contribution in [0, 0.1) is 0 Å². The second-order valence-corrected chi connectivity index (χ2v) is 6.21. The van der Waals surface area contributed by atoms with E-state index in [2.05, 4.69) is 25.6 Å². The molecular weight excluding hydrogens is 354 g/mol. The normalized spacial score (nSPS) is 13.9. The number of rotatable bonds is 8. The van der Waals surface area contributed by atoms with Crippen molar-refractivity contribution in [2.45, 2.75) is 25.8 Å². The maximum Gasteiger partial charge on any atom is 0.278 e. The predicted octanol–water partition coefficient (Wildman–Crippen LogP) is -1.64. The van der Waals surface area contributed by atoms with Gasteiger partial charge in [-0.2, -0.15) is 0 Å². The number of amides is 3. The van der Waals surface area contributed by atoms with Gasteiger partial charge in [-0.15, -0.1) is 0 Å². The van der Waals surface area contributed by atoms with Crippen LogP contribution in [0.1, 0.15) is 19.3 Å². The van der Waals surface area contributed by atoms with Gasteiger partial charge in [0.25, 0.3) is 5.56 Å². The van der Waals surface area contributed by atoms with Crippen molar-refractivity contribution in [1.82, 2.24) is 35.1 Å². The van der Waals surface area contributed by atoms with Crippen LogP contribution >= 0.6 is 0 Å². The fourth-order valence-corrected chi connectivity index (χ4v) is 2.87. The molecule has 0 bridgehead atoms. The Balaban J connectivity index is 1.35. The summed E-state index contributed by atoms with van der Waals surface area (Å²) in [5.74, 6) is -0.423. The lowest BCUT2D eigenvalue weighted by Gasteiger charge is -2.15. The first-order valence-corrected chi connectivity index (χ1v) is 8.74. The van der Waals surface area contributed by atoms with E-state index in [0.717, 1.165) is 6.42 Å². The zero-order valence-electron chi connectivity index (χ0n) is 14.7. The smallest absolute Gasteiger partial charge is 0.278 e. The van der Waals surface area contributed by atoms with Crippen molar-refractivity contribution in [3.8, 4) is 0 Å². The molecule has 0 atom stereocenters. The van der Waals surface area contributed by atoms with Crippen LogP contribution in [0.4, 0.5) is 0 Å². The molecule has 0 radical (unpaired) electrons. The van der Waals surface area contributed by atoms with E-state index < -0.39 is 0 Å². The van der Waals surface area contributed by atoms with Gasteiger partial charge in [-0.1, -0.05) is 0 Å². The summed E-state index contributed by atoms with van der Waals surface area (Å²) in [7, 11) is 0. The molecule has 2 aromatic rings. The number of nitrogens with one attached hydrogen (secondary N) is 3. The minimum Gasteiger partial charge on any atom is -0.354 e. The maximum absolute atomic E-state index is 11.9. The average Bonchev–Trinajstić information content (AvgIpc) is 3.24. The van der Waals surface area contributed by atoms with E-state index in [0.29, 0.717) is 31.7 Å². The lowest BCUT2D eigenvalue weighted by atomic mass is 10.4. The SMILES string of the molecule is O=C(CCn1cnc2c(=O)[nH]cnc21)NCCNC(=O)CN1CCCC1=O. The fourth-order valence-electron chi connectivity index (χ4n) is 2.87. The number of fused-ring (bicyclic) bond motifs is 1. The van der Waals surface area contributed by atoms with E-state index >= 15 is 0 Å². The highest BCUT2D eigenvalue weighted by Gasteiger charge is 2.21. The Morgan fingerprint density at radius 1 is 1.15 bits per heavy atom. The second-order valence-electron chi connectivity index (χ2n) is 6.21. The molecule has 0 aromatic carbocycles. The summed E-state index contributed by atoms with van der Waals surface area (Å²) in [5, 5.41) is 5.38. The van der Waals surface area contributed by atoms with Crippen LogP contribution < -0.4 is 16.2 Å². The monoisotopic (exact) mass is 375 g/mol. The lowest BCUT2D eigenvalue weighted by Crippen LogP contribution is -2.41. The minimum atomic E-state index is -0.324. The van der Waals surface area contributed by atoms with E-state index in [9.17, 15) is 19.2 Å². The molecule has 11 nitrogen and oxygen atoms in total. The molecule has 0 unspecified atom stereocenters. The first-order chi connectivity index (χ1) is 13.0. The Kier molecular flexibility index (Phi) is 5.79. The van der Waals surface area contributed by atoms with Crippen molar-refractivity contribution in [2.75, 3.05) is 26.2 Å². The molecule has 0 saturated carbocycles. The molecule has 144 valence electrons. The molecule has 0 aliphatic carbocycles. The Hall–Kier alpha value is -3.24. The number of nitrogens with zero attached hydrogens (tertiary/aromatic N) is 4. The molecular formula is C16H21N7O4. The van der Waals surface area contributed by atoms with Crippen LogP contribution in [0.15, 0.2) is 17.4 Å². The molecule has 3 rings (SSSR count). The van der Waals surface area contributed by atoms with Crippen molar-refractivity contribution < 1.29 is 14.4 Å². The van der Waals surface area contributed by atoms with Crippen LogP contribution in [0.25, 0.3) is 11.2 Å². The number of hydrogen-bond acceptors (Lipinski definition) is 6. The number of carbonyl (C=O) groups is 3. The largest absolute Gasteiger partial charge is 0.354 e. The molecule has 1 aliphatic heterocycles. The highest BCUT2D eigenvalue weighted by Crippen LogP contribution is 2.08. The third kappa shape index (κ3) is 4.68. The van der Waals surface area contributed by atoms with E-state index in [1.54, 1.807) is 4.57 Å². The van der Waals surface area contributed by atoms with Gasteiger partial charge in [0, 0.05) is 39.0 Å². The number of aryl methyl sites for hydroxylation is 1. The van der Waals surface area contributed by atoms with Crippen molar-refractivity contribution >= 4 is 28.9 Å². The summed E-state index contributed by atoms with van der Waals surface area (Å²) in [6.07, 6.45) is 4.25.